The zero-order valence-corrected chi connectivity index (χ0v) is 22.4. The Morgan fingerprint density at radius 1 is 0.974 bits per heavy atom. The molecule has 0 bridgehead atoms. The minimum atomic E-state index is -3.62. The molecule has 0 radical (unpaired) electrons. The third-order valence-electron chi connectivity index (χ3n) is 6.90. The lowest BCUT2D eigenvalue weighted by Crippen LogP contribution is -2.50. The van der Waals surface area contributed by atoms with Gasteiger partial charge >= 0.3 is 12.0 Å². The van der Waals surface area contributed by atoms with Crippen LogP contribution in [-0.4, -0.2) is 86.1 Å². The minimum absolute atomic E-state index is 0.0187. The number of ether oxygens (including phenoxy) is 1. The van der Waals surface area contributed by atoms with Crippen molar-refractivity contribution in [3.05, 3.63) is 65.7 Å². The van der Waals surface area contributed by atoms with Crippen LogP contribution >= 0.6 is 0 Å². The van der Waals surface area contributed by atoms with Gasteiger partial charge in [-0.2, -0.15) is 0 Å². The highest BCUT2D eigenvalue weighted by atomic mass is 32.2. The molecule has 39 heavy (non-hydrogen) atoms. The average molecular weight is 559 g/mol. The van der Waals surface area contributed by atoms with Gasteiger partial charge in [0.1, 0.15) is 6.04 Å². The van der Waals surface area contributed by atoms with E-state index in [-0.39, 0.29) is 24.7 Å². The fourth-order valence-electron chi connectivity index (χ4n) is 4.70. The Balaban J connectivity index is 1.32. The van der Waals surface area contributed by atoms with Crippen LogP contribution in [0.3, 0.4) is 0 Å². The van der Waals surface area contributed by atoms with Crippen LogP contribution in [0.25, 0.3) is 0 Å². The number of amides is 3. The molecule has 1 unspecified atom stereocenters. The number of hydrogen-bond acceptors (Lipinski definition) is 6. The predicted octanol–water partition coefficient (Wildman–Crippen LogP) is 1.90. The molecule has 11 nitrogen and oxygen atoms in total. The maximum atomic E-state index is 13.0. The van der Waals surface area contributed by atoms with E-state index in [0.29, 0.717) is 62.5 Å². The fourth-order valence-corrected chi connectivity index (χ4v) is 6.31. The minimum Gasteiger partial charge on any atom is -0.480 e. The molecule has 2 atom stereocenters. The van der Waals surface area contributed by atoms with Crippen molar-refractivity contribution >= 4 is 33.6 Å². The predicted molar refractivity (Wildman–Crippen MR) is 144 cm³/mol. The highest BCUT2D eigenvalue weighted by Crippen LogP contribution is 2.22. The molecule has 4 rings (SSSR count). The number of carbonyl (C=O) groups is 3. The molecule has 0 saturated carbocycles. The smallest absolute Gasteiger partial charge is 0.326 e. The Labute approximate surface area is 228 Å². The first-order valence-corrected chi connectivity index (χ1v) is 14.6. The number of anilines is 1. The molecule has 2 fully saturated rings. The third kappa shape index (κ3) is 8.01. The Morgan fingerprint density at radius 2 is 1.67 bits per heavy atom. The molecule has 0 aromatic heterocycles. The molecule has 0 aliphatic carbocycles. The summed E-state index contributed by atoms with van der Waals surface area (Å²) in [5.74, 6) is -2.44. The summed E-state index contributed by atoms with van der Waals surface area (Å²) in [6.07, 6.45) is 1.04. The zero-order chi connectivity index (χ0) is 27.8. The van der Waals surface area contributed by atoms with Gasteiger partial charge in [-0.25, -0.2) is 22.3 Å². The lowest BCUT2D eigenvalue weighted by Gasteiger charge is -2.32. The second-order valence-electron chi connectivity index (χ2n) is 9.77. The Morgan fingerprint density at radius 3 is 2.33 bits per heavy atom. The van der Waals surface area contributed by atoms with Gasteiger partial charge in [0, 0.05) is 38.3 Å². The number of piperidine rings is 1. The van der Waals surface area contributed by atoms with Crippen LogP contribution in [0.5, 0.6) is 0 Å². The number of rotatable bonds is 9. The van der Waals surface area contributed by atoms with E-state index in [9.17, 15) is 27.9 Å². The molecule has 3 N–H and O–H groups in total. The monoisotopic (exact) mass is 558 g/mol. The van der Waals surface area contributed by atoms with Crippen LogP contribution in [0.15, 0.2) is 54.6 Å². The number of aliphatic carboxylic acids is 1. The van der Waals surface area contributed by atoms with E-state index in [1.807, 2.05) is 6.07 Å². The van der Waals surface area contributed by atoms with Gasteiger partial charge < -0.3 is 25.4 Å². The summed E-state index contributed by atoms with van der Waals surface area (Å²) in [5, 5.41) is 15.2. The standard InChI is InChI=1S/C27H34N4O7S/c32-25(22-7-4-12-31(18-22)39(36,37)19-21-5-2-1-3-6-21)29-24(26(33)34)17-20-8-10-23(11-9-20)28-27(35)30-13-15-38-16-14-30/h1-3,5-6,8-11,22,24H,4,7,12-19H2,(H,28,35)(H,29,32)(H,33,34)/t22?,24-/m0/s1. The van der Waals surface area contributed by atoms with E-state index in [1.165, 1.54) is 4.31 Å². The summed E-state index contributed by atoms with van der Waals surface area (Å²) < 4.78 is 32.5. The molecular weight excluding hydrogens is 524 g/mol. The van der Waals surface area contributed by atoms with Gasteiger partial charge in [0.25, 0.3) is 0 Å². The fraction of sp³-hybridized carbons (Fsp3) is 0.444. The molecule has 2 aromatic rings. The van der Waals surface area contributed by atoms with Crippen LogP contribution in [0.4, 0.5) is 10.5 Å². The number of urea groups is 1. The summed E-state index contributed by atoms with van der Waals surface area (Å²) in [4.78, 5) is 39.0. The number of nitrogens with zero attached hydrogens (tertiary/aromatic N) is 2. The Kier molecular flexibility index (Phi) is 9.54. The summed E-state index contributed by atoms with van der Waals surface area (Å²) in [7, 11) is -3.62. The molecule has 12 heteroatoms. The van der Waals surface area contributed by atoms with Gasteiger partial charge in [-0.3, -0.25) is 4.79 Å². The van der Waals surface area contributed by atoms with Crippen molar-refractivity contribution < 1.29 is 32.6 Å². The van der Waals surface area contributed by atoms with Gasteiger partial charge in [0.15, 0.2) is 0 Å². The maximum Gasteiger partial charge on any atom is 0.326 e. The zero-order valence-electron chi connectivity index (χ0n) is 21.6. The highest BCUT2D eigenvalue weighted by Gasteiger charge is 2.34. The summed E-state index contributed by atoms with van der Waals surface area (Å²) in [6, 6.07) is 14.2. The molecule has 3 amide bonds. The van der Waals surface area contributed by atoms with Crippen LogP contribution in [0.2, 0.25) is 0 Å². The van der Waals surface area contributed by atoms with E-state index in [1.54, 1.807) is 53.4 Å². The van der Waals surface area contributed by atoms with Crippen molar-refractivity contribution in [3.8, 4) is 0 Å². The number of morpholine rings is 1. The molecule has 210 valence electrons. The number of carboxylic acid groups (broad SMARTS) is 1. The van der Waals surface area contributed by atoms with Crippen LogP contribution in [-0.2, 0) is 36.5 Å². The topological polar surface area (TPSA) is 145 Å². The second-order valence-corrected chi connectivity index (χ2v) is 11.7. The SMILES string of the molecule is O=C(N[C@@H](Cc1ccc(NC(=O)N2CCOCC2)cc1)C(=O)O)C1CCCN(S(=O)(=O)Cc2ccccc2)C1. The molecular formula is C27H34N4O7S. The van der Waals surface area contributed by atoms with Gasteiger partial charge in [-0.1, -0.05) is 42.5 Å². The lowest BCUT2D eigenvalue weighted by atomic mass is 9.97. The molecule has 2 aliphatic rings. The van der Waals surface area contributed by atoms with Crippen molar-refractivity contribution in [1.82, 2.24) is 14.5 Å². The maximum absolute atomic E-state index is 13.0. The quantitative estimate of drug-likeness (QED) is 0.426. The van der Waals surface area contributed by atoms with Gasteiger partial charge in [-0.05, 0) is 36.1 Å². The van der Waals surface area contributed by atoms with E-state index >= 15 is 0 Å². The highest BCUT2D eigenvalue weighted by molar-refractivity contribution is 7.88. The first-order valence-electron chi connectivity index (χ1n) is 13.0. The Hall–Kier alpha value is -3.48. The Bertz CT molecular complexity index is 1250. The van der Waals surface area contributed by atoms with Crippen LogP contribution in [0.1, 0.15) is 24.0 Å². The lowest BCUT2D eigenvalue weighted by molar-refractivity contribution is -0.142. The van der Waals surface area contributed by atoms with Crippen molar-refractivity contribution in [2.45, 2.75) is 31.1 Å². The van der Waals surface area contributed by atoms with E-state index in [0.717, 1.165) is 0 Å². The van der Waals surface area contributed by atoms with E-state index < -0.39 is 33.9 Å². The largest absolute Gasteiger partial charge is 0.480 e. The van der Waals surface area contributed by atoms with Gasteiger partial charge in [0.2, 0.25) is 15.9 Å². The van der Waals surface area contributed by atoms with E-state index in [2.05, 4.69) is 10.6 Å². The summed E-state index contributed by atoms with van der Waals surface area (Å²) >= 11 is 0. The molecule has 0 spiro atoms. The molecule has 2 heterocycles. The summed E-state index contributed by atoms with van der Waals surface area (Å²) in [6.45, 7) is 2.37. The van der Waals surface area contributed by atoms with Gasteiger partial charge in [-0.15, -0.1) is 0 Å². The number of benzene rings is 2. The van der Waals surface area contributed by atoms with Crippen molar-refractivity contribution in [1.29, 1.82) is 0 Å². The van der Waals surface area contributed by atoms with Crippen molar-refractivity contribution in [2.24, 2.45) is 5.92 Å². The van der Waals surface area contributed by atoms with E-state index in [4.69, 9.17) is 4.74 Å². The first-order chi connectivity index (χ1) is 18.7. The van der Waals surface area contributed by atoms with Gasteiger partial charge in [0.05, 0.1) is 24.9 Å². The normalized spacial score (nSPS) is 19.2. The molecule has 2 aromatic carbocycles. The van der Waals surface area contributed by atoms with Crippen LogP contribution < -0.4 is 10.6 Å². The molecule has 2 aliphatic heterocycles. The number of sulfonamides is 1. The first kappa shape index (κ1) is 28.5. The third-order valence-corrected chi connectivity index (χ3v) is 8.71. The summed E-state index contributed by atoms with van der Waals surface area (Å²) in [5.41, 5.74) is 1.91. The number of nitrogens with one attached hydrogen (secondary N) is 2. The number of hydrogen-bond donors (Lipinski definition) is 3. The number of carboxylic acids is 1. The van der Waals surface area contributed by atoms with Crippen molar-refractivity contribution in [2.75, 3.05) is 44.7 Å². The molecule has 2 saturated heterocycles. The average Bonchev–Trinajstić information content (AvgIpc) is 2.94. The number of carbonyl (C=O) groups excluding carboxylic acids is 2. The van der Waals surface area contributed by atoms with Crippen LogP contribution in [0, 0.1) is 5.92 Å². The second kappa shape index (κ2) is 13.0. The van der Waals surface area contributed by atoms with Crippen molar-refractivity contribution in [3.63, 3.8) is 0 Å².